The minimum atomic E-state index is 0.949. The maximum absolute atomic E-state index is 2.38. The Balaban J connectivity index is 1.74. The van der Waals surface area contributed by atoms with E-state index in [0.717, 1.165) is 5.92 Å². The van der Waals surface area contributed by atoms with Crippen LogP contribution in [0.25, 0.3) is 0 Å². The molecule has 0 N–H and O–H groups in total. The molecule has 0 aromatic heterocycles. The lowest BCUT2D eigenvalue weighted by Gasteiger charge is -2.36. The lowest BCUT2D eigenvalue weighted by molar-refractivity contribution is 0.127. The number of aryl methyl sites for hydroxylation is 1. The molecule has 1 fully saturated rings. The number of benzene rings is 1. The summed E-state index contributed by atoms with van der Waals surface area (Å²) in [5.74, 6) is 0.949. The van der Waals surface area contributed by atoms with E-state index in [2.05, 4.69) is 42.3 Å². The van der Waals surface area contributed by atoms with Crippen molar-refractivity contribution in [3.63, 3.8) is 0 Å². The van der Waals surface area contributed by atoms with E-state index < -0.39 is 0 Å². The van der Waals surface area contributed by atoms with Gasteiger partial charge < -0.3 is 4.90 Å². The zero-order valence-electron chi connectivity index (χ0n) is 8.24. The van der Waals surface area contributed by atoms with Gasteiger partial charge in [-0.15, -0.1) is 0 Å². The Hall–Kier alpha value is -0.820. The number of rotatable bonds is 3. The molecule has 0 unspecified atom stereocenters. The Labute approximate surface area is 80.4 Å². The van der Waals surface area contributed by atoms with Gasteiger partial charge in [0.2, 0.25) is 0 Å². The summed E-state index contributed by atoms with van der Waals surface area (Å²) in [5, 5.41) is 0. The van der Waals surface area contributed by atoms with Gasteiger partial charge in [-0.1, -0.05) is 30.3 Å². The Kier molecular flexibility index (Phi) is 2.65. The van der Waals surface area contributed by atoms with Crippen molar-refractivity contribution in [3.8, 4) is 0 Å². The molecule has 0 saturated carbocycles. The first-order valence-electron chi connectivity index (χ1n) is 5.07. The standard InChI is InChI=1S/C12H17N/c1-13-9-12(10-13)8-7-11-5-3-2-4-6-11/h2-6,12H,7-10H2,1H3. The first kappa shape index (κ1) is 8.76. The van der Waals surface area contributed by atoms with Gasteiger partial charge in [-0.2, -0.15) is 0 Å². The second-order valence-electron chi connectivity index (χ2n) is 4.11. The van der Waals surface area contributed by atoms with E-state index in [1.807, 2.05) is 0 Å². The third-order valence-corrected chi connectivity index (χ3v) is 2.82. The van der Waals surface area contributed by atoms with E-state index in [-0.39, 0.29) is 0 Å². The van der Waals surface area contributed by atoms with E-state index in [0.29, 0.717) is 0 Å². The van der Waals surface area contributed by atoms with E-state index >= 15 is 0 Å². The van der Waals surface area contributed by atoms with Crippen molar-refractivity contribution in [2.75, 3.05) is 20.1 Å². The summed E-state index contributed by atoms with van der Waals surface area (Å²) in [6, 6.07) is 10.8. The minimum Gasteiger partial charge on any atom is -0.306 e. The molecule has 0 aliphatic carbocycles. The maximum Gasteiger partial charge on any atom is 0.00191 e. The van der Waals surface area contributed by atoms with E-state index in [9.17, 15) is 0 Å². The zero-order chi connectivity index (χ0) is 9.10. The van der Waals surface area contributed by atoms with Gasteiger partial charge in [0.05, 0.1) is 0 Å². The molecule has 0 amide bonds. The van der Waals surface area contributed by atoms with Gasteiger partial charge in [0.25, 0.3) is 0 Å². The van der Waals surface area contributed by atoms with Gasteiger partial charge in [0, 0.05) is 13.1 Å². The number of likely N-dealkylation sites (tertiary alicyclic amines) is 1. The van der Waals surface area contributed by atoms with Gasteiger partial charge in [-0.3, -0.25) is 0 Å². The Morgan fingerprint density at radius 2 is 1.92 bits per heavy atom. The van der Waals surface area contributed by atoms with Gasteiger partial charge in [-0.25, -0.2) is 0 Å². The maximum atomic E-state index is 2.38. The fourth-order valence-electron chi connectivity index (χ4n) is 2.03. The molecule has 1 heteroatoms. The third kappa shape index (κ3) is 2.31. The quantitative estimate of drug-likeness (QED) is 0.680. The molecule has 1 aliphatic heterocycles. The van der Waals surface area contributed by atoms with Crippen LogP contribution in [0.5, 0.6) is 0 Å². The van der Waals surface area contributed by atoms with Crippen molar-refractivity contribution >= 4 is 0 Å². The van der Waals surface area contributed by atoms with Crippen molar-refractivity contribution in [3.05, 3.63) is 35.9 Å². The fourth-order valence-corrected chi connectivity index (χ4v) is 2.03. The second kappa shape index (κ2) is 3.93. The Bertz CT molecular complexity index is 249. The van der Waals surface area contributed by atoms with Crippen LogP contribution in [-0.4, -0.2) is 25.0 Å². The van der Waals surface area contributed by atoms with Crippen LogP contribution in [0.2, 0.25) is 0 Å². The van der Waals surface area contributed by atoms with E-state index in [1.165, 1.54) is 31.5 Å². The molecule has 0 spiro atoms. The van der Waals surface area contributed by atoms with E-state index in [1.54, 1.807) is 0 Å². The minimum absolute atomic E-state index is 0.949. The van der Waals surface area contributed by atoms with Crippen molar-refractivity contribution in [2.45, 2.75) is 12.8 Å². The molecule has 1 heterocycles. The smallest absolute Gasteiger partial charge is 0.00191 e. The predicted octanol–water partition coefficient (Wildman–Crippen LogP) is 2.18. The van der Waals surface area contributed by atoms with Gasteiger partial charge in [0.15, 0.2) is 0 Å². The number of nitrogens with zero attached hydrogens (tertiary/aromatic N) is 1. The highest BCUT2D eigenvalue weighted by molar-refractivity contribution is 5.14. The van der Waals surface area contributed by atoms with Crippen LogP contribution < -0.4 is 0 Å². The van der Waals surface area contributed by atoms with Gasteiger partial charge in [0.1, 0.15) is 0 Å². The molecule has 2 rings (SSSR count). The average molecular weight is 175 g/mol. The van der Waals surface area contributed by atoms with Crippen LogP contribution in [0.3, 0.4) is 0 Å². The molecular formula is C12H17N. The Morgan fingerprint density at radius 3 is 2.54 bits per heavy atom. The summed E-state index contributed by atoms with van der Waals surface area (Å²) in [6.45, 7) is 2.60. The number of hydrogen-bond donors (Lipinski definition) is 0. The first-order valence-corrected chi connectivity index (χ1v) is 5.07. The zero-order valence-corrected chi connectivity index (χ0v) is 8.24. The molecule has 1 saturated heterocycles. The molecule has 0 bridgehead atoms. The van der Waals surface area contributed by atoms with Crippen molar-refractivity contribution < 1.29 is 0 Å². The average Bonchev–Trinajstić information content (AvgIpc) is 2.12. The summed E-state index contributed by atoms with van der Waals surface area (Å²) < 4.78 is 0. The molecule has 0 atom stereocenters. The third-order valence-electron chi connectivity index (χ3n) is 2.82. The first-order chi connectivity index (χ1) is 6.34. The van der Waals surface area contributed by atoms with Crippen LogP contribution in [0.1, 0.15) is 12.0 Å². The highest BCUT2D eigenvalue weighted by atomic mass is 15.2. The van der Waals surface area contributed by atoms with Crippen LogP contribution in [0, 0.1) is 5.92 Å². The molecule has 1 aliphatic rings. The highest BCUT2D eigenvalue weighted by Crippen LogP contribution is 2.18. The van der Waals surface area contributed by atoms with Crippen LogP contribution in [0.4, 0.5) is 0 Å². The van der Waals surface area contributed by atoms with E-state index in [4.69, 9.17) is 0 Å². The van der Waals surface area contributed by atoms with Crippen molar-refractivity contribution in [1.82, 2.24) is 4.90 Å². The summed E-state index contributed by atoms with van der Waals surface area (Å²) in [4.78, 5) is 2.38. The van der Waals surface area contributed by atoms with Crippen molar-refractivity contribution in [2.24, 2.45) is 5.92 Å². The summed E-state index contributed by atoms with van der Waals surface area (Å²) in [6.07, 6.45) is 2.60. The molecule has 70 valence electrons. The molecule has 1 nitrogen and oxygen atoms in total. The predicted molar refractivity (Wildman–Crippen MR) is 55.8 cm³/mol. The molecule has 1 aromatic carbocycles. The fraction of sp³-hybridized carbons (Fsp3) is 0.500. The molecule has 13 heavy (non-hydrogen) atoms. The van der Waals surface area contributed by atoms with Crippen LogP contribution in [0.15, 0.2) is 30.3 Å². The Morgan fingerprint density at radius 1 is 1.23 bits per heavy atom. The molecule has 1 aromatic rings. The van der Waals surface area contributed by atoms with Gasteiger partial charge >= 0.3 is 0 Å². The van der Waals surface area contributed by atoms with Gasteiger partial charge in [-0.05, 0) is 31.4 Å². The summed E-state index contributed by atoms with van der Waals surface area (Å²) in [7, 11) is 2.19. The SMILES string of the molecule is CN1CC(CCc2ccccc2)C1. The number of hydrogen-bond acceptors (Lipinski definition) is 1. The van der Waals surface area contributed by atoms with Crippen molar-refractivity contribution in [1.29, 1.82) is 0 Å². The monoisotopic (exact) mass is 175 g/mol. The summed E-state index contributed by atoms with van der Waals surface area (Å²) in [5.41, 5.74) is 1.48. The molecular weight excluding hydrogens is 158 g/mol. The highest BCUT2D eigenvalue weighted by Gasteiger charge is 2.22. The topological polar surface area (TPSA) is 3.24 Å². The normalized spacial score (nSPS) is 18.5. The largest absolute Gasteiger partial charge is 0.306 e. The lowest BCUT2D eigenvalue weighted by Crippen LogP contribution is -2.43. The van der Waals surface area contributed by atoms with Crippen LogP contribution >= 0.6 is 0 Å². The van der Waals surface area contributed by atoms with Crippen LogP contribution in [-0.2, 0) is 6.42 Å². The summed E-state index contributed by atoms with van der Waals surface area (Å²) >= 11 is 0. The second-order valence-corrected chi connectivity index (χ2v) is 4.11. The molecule has 0 radical (unpaired) electrons. The lowest BCUT2D eigenvalue weighted by atomic mass is 9.93.